The van der Waals surface area contributed by atoms with E-state index in [9.17, 15) is 9.59 Å². The number of amides is 2. The van der Waals surface area contributed by atoms with Gasteiger partial charge in [-0.3, -0.25) is 0 Å². The van der Waals surface area contributed by atoms with Crippen molar-refractivity contribution in [1.29, 1.82) is 0 Å². The number of carboxylic acids is 1. The van der Waals surface area contributed by atoms with E-state index < -0.39 is 12.0 Å². The zero-order chi connectivity index (χ0) is 14.3. The van der Waals surface area contributed by atoms with Crippen molar-refractivity contribution < 1.29 is 19.4 Å². The van der Waals surface area contributed by atoms with Gasteiger partial charge in [-0.25, -0.2) is 9.59 Å². The van der Waals surface area contributed by atoms with Crippen LogP contribution in [-0.4, -0.2) is 65.9 Å². The lowest BCUT2D eigenvalue weighted by Gasteiger charge is -2.35. The van der Waals surface area contributed by atoms with E-state index in [1.165, 1.54) is 0 Å². The number of thioether (sulfide) groups is 1. The van der Waals surface area contributed by atoms with Crippen LogP contribution in [0.1, 0.15) is 19.8 Å². The third kappa shape index (κ3) is 4.91. The molecule has 1 aliphatic heterocycles. The minimum Gasteiger partial charge on any atom is -0.480 e. The third-order valence-electron chi connectivity index (χ3n) is 3.17. The minimum absolute atomic E-state index is 0.0312. The molecule has 0 aromatic rings. The molecule has 0 aromatic heterocycles. The van der Waals surface area contributed by atoms with Gasteiger partial charge in [0.2, 0.25) is 0 Å². The molecule has 1 saturated heterocycles. The second-order valence-corrected chi connectivity index (χ2v) is 5.44. The summed E-state index contributed by atoms with van der Waals surface area (Å²) in [6.45, 7) is 3.53. The standard InChI is InChI=1S/C12H22N2O4S/c1-3-9-8-18-6-5-14(9)12(17)13-10(11(15)16)4-7-19-2/h9-10H,3-8H2,1-2H3,(H,13,17)(H,15,16)/t9?,10-/m1/s1. The van der Waals surface area contributed by atoms with Crippen LogP contribution in [0.5, 0.6) is 0 Å². The number of carboxylic acid groups (broad SMARTS) is 1. The van der Waals surface area contributed by atoms with E-state index in [2.05, 4.69) is 5.32 Å². The Morgan fingerprint density at radius 2 is 2.32 bits per heavy atom. The molecule has 0 saturated carbocycles. The Labute approximate surface area is 117 Å². The summed E-state index contributed by atoms with van der Waals surface area (Å²) in [4.78, 5) is 24.9. The highest BCUT2D eigenvalue weighted by Crippen LogP contribution is 2.11. The number of urea groups is 1. The molecule has 0 spiro atoms. The number of morpholine rings is 1. The van der Waals surface area contributed by atoms with Crippen molar-refractivity contribution in [1.82, 2.24) is 10.2 Å². The maximum atomic E-state index is 12.1. The zero-order valence-electron chi connectivity index (χ0n) is 11.4. The Morgan fingerprint density at radius 1 is 1.58 bits per heavy atom. The molecule has 7 heteroatoms. The summed E-state index contributed by atoms with van der Waals surface area (Å²) in [6.07, 6.45) is 3.15. The summed E-state index contributed by atoms with van der Waals surface area (Å²) in [6, 6.07) is -1.09. The second kappa shape index (κ2) is 8.27. The van der Waals surface area contributed by atoms with Crippen LogP contribution in [0, 0.1) is 0 Å². The molecule has 1 unspecified atom stereocenters. The van der Waals surface area contributed by atoms with E-state index in [4.69, 9.17) is 9.84 Å². The van der Waals surface area contributed by atoms with E-state index in [-0.39, 0.29) is 12.1 Å². The van der Waals surface area contributed by atoms with Crippen LogP contribution in [0.25, 0.3) is 0 Å². The Balaban J connectivity index is 2.56. The molecule has 1 fully saturated rings. The largest absolute Gasteiger partial charge is 0.480 e. The monoisotopic (exact) mass is 290 g/mol. The number of hydrogen-bond acceptors (Lipinski definition) is 4. The topological polar surface area (TPSA) is 78.9 Å². The lowest BCUT2D eigenvalue weighted by Crippen LogP contribution is -2.55. The Kier molecular flexibility index (Phi) is 7.01. The molecule has 19 heavy (non-hydrogen) atoms. The number of aliphatic carboxylic acids is 1. The van der Waals surface area contributed by atoms with Crippen molar-refractivity contribution >= 4 is 23.8 Å². The second-order valence-electron chi connectivity index (χ2n) is 4.45. The fourth-order valence-electron chi connectivity index (χ4n) is 1.99. The van der Waals surface area contributed by atoms with Crippen LogP contribution in [0.2, 0.25) is 0 Å². The van der Waals surface area contributed by atoms with E-state index in [1.54, 1.807) is 16.7 Å². The van der Waals surface area contributed by atoms with Gasteiger partial charge >= 0.3 is 12.0 Å². The van der Waals surface area contributed by atoms with Crippen LogP contribution < -0.4 is 5.32 Å². The van der Waals surface area contributed by atoms with Crippen LogP contribution in [0.3, 0.4) is 0 Å². The van der Waals surface area contributed by atoms with Crippen molar-refractivity contribution in [3.05, 3.63) is 0 Å². The molecule has 110 valence electrons. The molecule has 0 bridgehead atoms. The molecule has 0 aromatic carbocycles. The molecule has 2 amide bonds. The predicted molar refractivity (Wildman–Crippen MR) is 74.6 cm³/mol. The molecule has 1 aliphatic rings. The Hall–Kier alpha value is -0.950. The first-order chi connectivity index (χ1) is 9.10. The lowest BCUT2D eigenvalue weighted by atomic mass is 10.2. The molecule has 0 radical (unpaired) electrons. The quantitative estimate of drug-likeness (QED) is 0.763. The minimum atomic E-state index is -0.983. The summed E-state index contributed by atoms with van der Waals surface area (Å²) < 4.78 is 5.33. The molecule has 6 nitrogen and oxygen atoms in total. The number of rotatable bonds is 6. The Bertz CT molecular complexity index is 314. The number of nitrogens with zero attached hydrogens (tertiary/aromatic N) is 1. The molecule has 1 rings (SSSR count). The van der Waals surface area contributed by atoms with E-state index >= 15 is 0 Å². The van der Waals surface area contributed by atoms with Crippen LogP contribution in [-0.2, 0) is 9.53 Å². The van der Waals surface area contributed by atoms with Gasteiger partial charge in [-0.1, -0.05) is 6.92 Å². The first-order valence-corrected chi connectivity index (χ1v) is 7.86. The molecular formula is C12H22N2O4S. The number of carbonyl (C=O) groups excluding carboxylic acids is 1. The maximum Gasteiger partial charge on any atom is 0.326 e. The number of hydrogen-bond donors (Lipinski definition) is 2. The highest BCUT2D eigenvalue weighted by atomic mass is 32.2. The van der Waals surface area contributed by atoms with E-state index in [0.29, 0.717) is 31.9 Å². The van der Waals surface area contributed by atoms with Gasteiger partial charge in [0.1, 0.15) is 6.04 Å². The predicted octanol–water partition coefficient (Wildman–Crippen LogP) is 1.01. The summed E-state index contributed by atoms with van der Waals surface area (Å²) in [7, 11) is 0. The highest BCUT2D eigenvalue weighted by molar-refractivity contribution is 7.98. The summed E-state index contributed by atoms with van der Waals surface area (Å²) >= 11 is 1.57. The molecule has 0 aliphatic carbocycles. The lowest BCUT2D eigenvalue weighted by molar-refractivity contribution is -0.139. The van der Waals surface area contributed by atoms with Gasteiger partial charge in [0.15, 0.2) is 0 Å². The first kappa shape index (κ1) is 16.1. The summed E-state index contributed by atoms with van der Waals surface area (Å²) in [5.74, 6) is -0.277. The van der Waals surface area contributed by atoms with Crippen molar-refractivity contribution in [2.45, 2.75) is 31.8 Å². The van der Waals surface area contributed by atoms with Crippen molar-refractivity contribution in [3.63, 3.8) is 0 Å². The van der Waals surface area contributed by atoms with Crippen molar-refractivity contribution in [2.24, 2.45) is 0 Å². The number of carbonyl (C=O) groups is 2. The fourth-order valence-corrected chi connectivity index (χ4v) is 2.46. The van der Waals surface area contributed by atoms with Crippen molar-refractivity contribution in [2.75, 3.05) is 31.8 Å². The normalized spacial score (nSPS) is 20.9. The van der Waals surface area contributed by atoms with Gasteiger partial charge in [-0.15, -0.1) is 0 Å². The first-order valence-electron chi connectivity index (χ1n) is 6.46. The SMILES string of the molecule is CCC1COCCN1C(=O)N[C@H](CCSC)C(=O)O. The third-order valence-corrected chi connectivity index (χ3v) is 3.81. The number of ether oxygens (including phenoxy) is 1. The average Bonchev–Trinajstić information content (AvgIpc) is 2.42. The molecule has 2 N–H and O–H groups in total. The van der Waals surface area contributed by atoms with Gasteiger partial charge in [0.25, 0.3) is 0 Å². The number of nitrogens with one attached hydrogen (secondary N) is 1. The van der Waals surface area contributed by atoms with Crippen LogP contribution in [0.15, 0.2) is 0 Å². The highest BCUT2D eigenvalue weighted by Gasteiger charge is 2.29. The average molecular weight is 290 g/mol. The smallest absolute Gasteiger partial charge is 0.326 e. The van der Waals surface area contributed by atoms with Gasteiger partial charge in [-0.05, 0) is 24.9 Å². The van der Waals surface area contributed by atoms with E-state index in [1.807, 2.05) is 13.2 Å². The van der Waals surface area contributed by atoms with Crippen LogP contribution >= 0.6 is 11.8 Å². The van der Waals surface area contributed by atoms with Gasteiger partial charge < -0.3 is 20.1 Å². The molecule has 1 heterocycles. The van der Waals surface area contributed by atoms with Gasteiger partial charge in [-0.2, -0.15) is 11.8 Å². The van der Waals surface area contributed by atoms with Crippen LogP contribution in [0.4, 0.5) is 4.79 Å². The zero-order valence-corrected chi connectivity index (χ0v) is 12.2. The van der Waals surface area contributed by atoms with Crippen molar-refractivity contribution in [3.8, 4) is 0 Å². The van der Waals surface area contributed by atoms with Gasteiger partial charge in [0.05, 0.1) is 19.3 Å². The van der Waals surface area contributed by atoms with Gasteiger partial charge in [0, 0.05) is 6.54 Å². The summed E-state index contributed by atoms with van der Waals surface area (Å²) in [5.41, 5.74) is 0. The fraction of sp³-hybridized carbons (Fsp3) is 0.833. The maximum absolute atomic E-state index is 12.1. The molecule has 2 atom stereocenters. The summed E-state index contributed by atoms with van der Waals surface area (Å²) in [5, 5.41) is 11.7. The Morgan fingerprint density at radius 3 is 2.89 bits per heavy atom. The van der Waals surface area contributed by atoms with E-state index in [0.717, 1.165) is 6.42 Å². The molecular weight excluding hydrogens is 268 g/mol.